The Kier molecular flexibility index (Phi) is 3.81. The molecule has 0 aliphatic carbocycles. The van der Waals surface area contributed by atoms with E-state index in [4.69, 9.17) is 0 Å². The minimum atomic E-state index is 0.880. The summed E-state index contributed by atoms with van der Waals surface area (Å²) in [4.78, 5) is 0. The molecule has 2 rings (SSSR count). The molecule has 0 aromatic carbocycles. The molecule has 2 heterocycles. The molecule has 2 aromatic heterocycles. The highest BCUT2D eigenvalue weighted by atomic mass is 15.3. The van der Waals surface area contributed by atoms with E-state index in [1.165, 1.54) is 16.8 Å². The van der Waals surface area contributed by atoms with Crippen molar-refractivity contribution in [1.82, 2.24) is 24.9 Å². The second-order valence-electron chi connectivity index (χ2n) is 4.68. The normalized spacial score (nSPS) is 11.1. The Morgan fingerprint density at radius 3 is 2.72 bits per heavy atom. The van der Waals surface area contributed by atoms with E-state index < -0.39 is 0 Å². The molecule has 0 spiro atoms. The molecule has 1 N–H and O–H groups in total. The average molecular weight is 247 g/mol. The summed E-state index contributed by atoms with van der Waals surface area (Å²) < 4.78 is 3.93. The predicted molar refractivity (Wildman–Crippen MR) is 71.4 cm³/mol. The second kappa shape index (κ2) is 5.35. The molecule has 0 fully saturated rings. The van der Waals surface area contributed by atoms with E-state index >= 15 is 0 Å². The molecular weight excluding hydrogens is 226 g/mol. The van der Waals surface area contributed by atoms with Gasteiger partial charge >= 0.3 is 0 Å². The van der Waals surface area contributed by atoms with Crippen LogP contribution in [0.4, 0.5) is 0 Å². The Balaban J connectivity index is 2.07. The second-order valence-corrected chi connectivity index (χ2v) is 4.68. The fourth-order valence-electron chi connectivity index (χ4n) is 2.22. The van der Waals surface area contributed by atoms with Gasteiger partial charge < -0.3 is 5.32 Å². The van der Waals surface area contributed by atoms with Gasteiger partial charge in [-0.2, -0.15) is 10.2 Å². The van der Waals surface area contributed by atoms with E-state index in [0.717, 1.165) is 25.2 Å². The summed E-state index contributed by atoms with van der Waals surface area (Å²) in [5.41, 5.74) is 4.93. The minimum Gasteiger partial charge on any atom is -0.316 e. The van der Waals surface area contributed by atoms with Crippen LogP contribution in [0.25, 0.3) is 0 Å². The van der Waals surface area contributed by atoms with Crippen molar-refractivity contribution in [2.24, 2.45) is 7.05 Å². The van der Waals surface area contributed by atoms with Crippen LogP contribution in [0.15, 0.2) is 12.4 Å². The van der Waals surface area contributed by atoms with Crippen LogP contribution in [-0.2, 0) is 26.6 Å². The molecule has 0 amide bonds. The lowest BCUT2D eigenvalue weighted by Crippen LogP contribution is -2.08. The average Bonchev–Trinajstić information content (AvgIpc) is 2.86. The lowest BCUT2D eigenvalue weighted by atomic mass is 10.2. The minimum absolute atomic E-state index is 0.880. The molecule has 5 nitrogen and oxygen atoms in total. The highest BCUT2D eigenvalue weighted by molar-refractivity contribution is 5.24. The monoisotopic (exact) mass is 247 g/mol. The van der Waals surface area contributed by atoms with Crippen LogP contribution in [0, 0.1) is 13.8 Å². The zero-order valence-corrected chi connectivity index (χ0v) is 11.6. The molecular formula is C13H21N5. The van der Waals surface area contributed by atoms with E-state index in [9.17, 15) is 0 Å². The van der Waals surface area contributed by atoms with Crippen LogP contribution in [0.2, 0.25) is 0 Å². The molecule has 98 valence electrons. The molecule has 0 aliphatic rings. The molecule has 0 saturated heterocycles. The van der Waals surface area contributed by atoms with Gasteiger partial charge in [0.1, 0.15) is 0 Å². The van der Waals surface area contributed by atoms with Crippen molar-refractivity contribution in [1.29, 1.82) is 0 Å². The van der Waals surface area contributed by atoms with Gasteiger partial charge in [0.15, 0.2) is 0 Å². The first kappa shape index (κ1) is 12.8. The zero-order valence-electron chi connectivity index (χ0n) is 11.6. The Labute approximate surface area is 108 Å². The zero-order chi connectivity index (χ0) is 13.1. The first-order valence-electron chi connectivity index (χ1n) is 6.27. The van der Waals surface area contributed by atoms with Crippen LogP contribution < -0.4 is 5.32 Å². The third-order valence-corrected chi connectivity index (χ3v) is 3.26. The maximum atomic E-state index is 4.60. The molecule has 0 atom stereocenters. The molecule has 0 bridgehead atoms. The third kappa shape index (κ3) is 2.61. The number of nitrogens with zero attached hydrogens (tertiary/aromatic N) is 4. The first-order valence-corrected chi connectivity index (χ1v) is 6.27. The van der Waals surface area contributed by atoms with E-state index in [1.54, 1.807) is 0 Å². The van der Waals surface area contributed by atoms with Crippen LogP contribution in [0.5, 0.6) is 0 Å². The molecule has 0 saturated carbocycles. The predicted octanol–water partition coefficient (Wildman–Crippen LogP) is 1.20. The Hall–Kier alpha value is -1.62. The van der Waals surface area contributed by atoms with Crippen LogP contribution in [0.1, 0.15) is 22.5 Å². The number of rotatable bonds is 5. The van der Waals surface area contributed by atoms with Crippen molar-refractivity contribution in [3.63, 3.8) is 0 Å². The molecule has 18 heavy (non-hydrogen) atoms. The van der Waals surface area contributed by atoms with E-state index in [-0.39, 0.29) is 0 Å². The number of hydrogen-bond acceptors (Lipinski definition) is 3. The molecule has 0 radical (unpaired) electrons. The van der Waals surface area contributed by atoms with Crippen molar-refractivity contribution < 1.29 is 0 Å². The lowest BCUT2D eigenvalue weighted by Gasteiger charge is -2.04. The molecule has 0 unspecified atom stereocenters. The fraction of sp³-hybridized carbons (Fsp3) is 0.538. The number of nitrogens with one attached hydrogen (secondary N) is 1. The summed E-state index contributed by atoms with van der Waals surface area (Å²) in [5.74, 6) is 0. The highest BCUT2D eigenvalue weighted by Crippen LogP contribution is 2.13. The SMILES string of the molecule is CNCc1c(C)nn(CCc2cnn(C)c2)c1C. The van der Waals surface area contributed by atoms with Crippen LogP contribution >= 0.6 is 0 Å². The Morgan fingerprint density at radius 2 is 2.11 bits per heavy atom. The Bertz CT molecular complexity index is 523. The quantitative estimate of drug-likeness (QED) is 0.863. The molecule has 2 aromatic rings. The van der Waals surface area contributed by atoms with Crippen molar-refractivity contribution in [2.75, 3.05) is 7.05 Å². The summed E-state index contributed by atoms with van der Waals surface area (Å²) in [5, 5.41) is 12.0. The highest BCUT2D eigenvalue weighted by Gasteiger charge is 2.10. The number of aryl methyl sites for hydroxylation is 4. The van der Waals surface area contributed by atoms with Crippen molar-refractivity contribution in [3.05, 3.63) is 34.9 Å². The van der Waals surface area contributed by atoms with Gasteiger partial charge in [-0.3, -0.25) is 9.36 Å². The molecule has 0 aliphatic heterocycles. The van der Waals surface area contributed by atoms with Gasteiger partial charge in [-0.25, -0.2) is 0 Å². The van der Waals surface area contributed by atoms with Gasteiger partial charge in [-0.15, -0.1) is 0 Å². The smallest absolute Gasteiger partial charge is 0.0641 e. The standard InChI is InChI=1S/C13H21N5/c1-10-13(8-14-3)11(2)18(16-10)6-5-12-7-15-17(4)9-12/h7,9,14H,5-6,8H2,1-4H3. The largest absolute Gasteiger partial charge is 0.316 e. The molecule has 5 heteroatoms. The van der Waals surface area contributed by atoms with Gasteiger partial charge in [0.25, 0.3) is 0 Å². The summed E-state index contributed by atoms with van der Waals surface area (Å²) >= 11 is 0. The van der Waals surface area contributed by atoms with E-state index in [2.05, 4.69) is 40.2 Å². The van der Waals surface area contributed by atoms with Gasteiger partial charge in [0.2, 0.25) is 0 Å². The summed E-state index contributed by atoms with van der Waals surface area (Å²) in [6.07, 6.45) is 4.94. The van der Waals surface area contributed by atoms with Crippen molar-refractivity contribution in [3.8, 4) is 0 Å². The van der Waals surface area contributed by atoms with Crippen molar-refractivity contribution >= 4 is 0 Å². The van der Waals surface area contributed by atoms with Gasteiger partial charge in [-0.05, 0) is 32.9 Å². The summed E-state index contributed by atoms with van der Waals surface area (Å²) in [6, 6.07) is 0. The Morgan fingerprint density at radius 1 is 1.33 bits per heavy atom. The topological polar surface area (TPSA) is 47.7 Å². The number of hydrogen-bond donors (Lipinski definition) is 1. The van der Waals surface area contributed by atoms with Gasteiger partial charge in [-0.1, -0.05) is 0 Å². The van der Waals surface area contributed by atoms with Gasteiger partial charge in [0, 0.05) is 37.6 Å². The first-order chi connectivity index (χ1) is 8.61. The van der Waals surface area contributed by atoms with Crippen molar-refractivity contribution in [2.45, 2.75) is 33.4 Å². The fourth-order valence-corrected chi connectivity index (χ4v) is 2.22. The maximum absolute atomic E-state index is 4.60. The summed E-state index contributed by atoms with van der Waals surface area (Å²) in [6.45, 7) is 5.99. The van der Waals surface area contributed by atoms with Gasteiger partial charge in [0.05, 0.1) is 11.9 Å². The lowest BCUT2D eigenvalue weighted by molar-refractivity contribution is 0.592. The third-order valence-electron chi connectivity index (χ3n) is 3.26. The summed E-state index contributed by atoms with van der Waals surface area (Å²) in [7, 11) is 3.91. The van der Waals surface area contributed by atoms with Crippen LogP contribution in [0.3, 0.4) is 0 Å². The van der Waals surface area contributed by atoms with Crippen LogP contribution in [-0.4, -0.2) is 26.6 Å². The van der Waals surface area contributed by atoms with E-state index in [1.807, 2.05) is 25.0 Å². The maximum Gasteiger partial charge on any atom is 0.0641 e. The number of aromatic nitrogens is 4. The van der Waals surface area contributed by atoms with E-state index in [0.29, 0.717) is 0 Å².